The van der Waals surface area contributed by atoms with Crippen LogP contribution in [0.25, 0.3) is 16.9 Å². The number of nitrogens with zero attached hydrogens (tertiary/aromatic N) is 3. The minimum atomic E-state index is -0.520. The van der Waals surface area contributed by atoms with Gasteiger partial charge in [0.05, 0.1) is 30.3 Å². The summed E-state index contributed by atoms with van der Waals surface area (Å²) in [5, 5.41) is 0.0478. The van der Waals surface area contributed by atoms with Crippen LogP contribution in [-0.2, 0) is 4.74 Å². The summed E-state index contributed by atoms with van der Waals surface area (Å²) >= 11 is 6.13. The minimum Gasteiger partial charge on any atom is -0.565 e. The van der Waals surface area contributed by atoms with E-state index >= 15 is 0 Å². The first-order chi connectivity index (χ1) is 13.1. The highest BCUT2D eigenvalue weighted by atomic mass is 35.5. The fraction of sp³-hybridized carbons (Fsp3) is 0.278. The van der Waals surface area contributed by atoms with Gasteiger partial charge in [-0.25, -0.2) is 14.8 Å². The Morgan fingerprint density at radius 1 is 1.26 bits per heavy atom. The van der Waals surface area contributed by atoms with Crippen molar-refractivity contribution in [1.29, 1.82) is 0 Å². The highest BCUT2D eigenvalue weighted by molar-refractivity contribution is 6.32. The third-order valence-electron chi connectivity index (χ3n) is 3.54. The topological polar surface area (TPSA) is 75.5 Å². The number of esters is 1. The molecule has 9 heteroatoms. The van der Waals surface area contributed by atoms with Gasteiger partial charge >= 0.3 is 14.0 Å². The van der Waals surface area contributed by atoms with Crippen molar-refractivity contribution in [3.63, 3.8) is 0 Å². The SMILES string of the molecule is CC.[B]Oc1cc2ncn(-c3ccc(C(=O)OCC)c(Cl)n3)c2cc1OC. The van der Waals surface area contributed by atoms with Gasteiger partial charge in [-0.15, -0.1) is 0 Å². The first-order valence-corrected chi connectivity index (χ1v) is 8.72. The fourth-order valence-electron chi connectivity index (χ4n) is 2.37. The van der Waals surface area contributed by atoms with E-state index in [2.05, 4.69) is 9.97 Å². The number of aromatic nitrogens is 3. The summed E-state index contributed by atoms with van der Waals surface area (Å²) in [5.41, 5.74) is 1.55. The molecular formula is C18H19BClN3O4. The number of hydrogen-bond donors (Lipinski definition) is 0. The predicted molar refractivity (Wildman–Crippen MR) is 104 cm³/mol. The molecule has 0 aliphatic heterocycles. The zero-order valence-corrected chi connectivity index (χ0v) is 16.3. The molecule has 3 rings (SSSR count). The number of carbonyl (C=O) groups excluding carboxylic acids is 1. The number of halogens is 1. The average molecular weight is 388 g/mol. The van der Waals surface area contributed by atoms with E-state index in [1.807, 2.05) is 13.8 Å². The van der Waals surface area contributed by atoms with Gasteiger partial charge in [0.1, 0.15) is 23.0 Å². The molecule has 0 amide bonds. The molecule has 140 valence electrons. The van der Waals surface area contributed by atoms with Gasteiger partial charge in [-0.3, -0.25) is 4.57 Å². The Morgan fingerprint density at radius 3 is 2.59 bits per heavy atom. The largest absolute Gasteiger partial charge is 0.565 e. The van der Waals surface area contributed by atoms with E-state index in [0.717, 1.165) is 0 Å². The molecule has 0 aliphatic carbocycles. The van der Waals surface area contributed by atoms with Crippen molar-refractivity contribution < 1.29 is 18.9 Å². The number of pyridine rings is 1. The highest BCUT2D eigenvalue weighted by Crippen LogP contribution is 2.32. The second-order valence-electron chi connectivity index (χ2n) is 4.95. The molecule has 7 nitrogen and oxygen atoms in total. The minimum absolute atomic E-state index is 0.0478. The van der Waals surface area contributed by atoms with Crippen LogP contribution in [0, 0.1) is 0 Å². The molecule has 0 saturated carbocycles. The van der Waals surface area contributed by atoms with Gasteiger partial charge in [-0.2, -0.15) is 0 Å². The molecule has 2 radical (unpaired) electrons. The van der Waals surface area contributed by atoms with Crippen LogP contribution in [0.2, 0.25) is 5.15 Å². The smallest absolute Gasteiger partial charge is 0.374 e. The van der Waals surface area contributed by atoms with Gasteiger partial charge < -0.3 is 14.1 Å². The van der Waals surface area contributed by atoms with Gasteiger partial charge in [0.15, 0.2) is 5.75 Å². The molecule has 0 atom stereocenters. The lowest BCUT2D eigenvalue weighted by Crippen LogP contribution is -2.07. The summed E-state index contributed by atoms with van der Waals surface area (Å²) in [6, 6.07) is 6.58. The van der Waals surface area contributed by atoms with Crippen LogP contribution < -0.4 is 9.39 Å². The van der Waals surface area contributed by atoms with E-state index < -0.39 is 5.97 Å². The quantitative estimate of drug-likeness (QED) is 0.377. The van der Waals surface area contributed by atoms with Crippen LogP contribution in [0.4, 0.5) is 0 Å². The molecule has 27 heavy (non-hydrogen) atoms. The van der Waals surface area contributed by atoms with Crippen LogP contribution in [0.3, 0.4) is 0 Å². The van der Waals surface area contributed by atoms with Gasteiger partial charge in [-0.05, 0) is 19.1 Å². The molecule has 0 fully saturated rings. The predicted octanol–water partition coefficient (Wildman–Crippen LogP) is 3.75. The maximum absolute atomic E-state index is 11.8. The van der Waals surface area contributed by atoms with Crippen LogP contribution in [0.5, 0.6) is 11.5 Å². The molecule has 0 aliphatic rings. The van der Waals surface area contributed by atoms with Crippen molar-refractivity contribution in [3.8, 4) is 17.3 Å². The van der Waals surface area contributed by atoms with Gasteiger partial charge in [0, 0.05) is 12.1 Å². The van der Waals surface area contributed by atoms with E-state index in [1.165, 1.54) is 7.11 Å². The normalized spacial score (nSPS) is 10.1. The summed E-state index contributed by atoms with van der Waals surface area (Å²) in [4.78, 5) is 20.4. The van der Waals surface area contributed by atoms with Crippen molar-refractivity contribution in [2.24, 2.45) is 0 Å². The number of methoxy groups -OCH3 is 1. The molecule has 2 heterocycles. The molecule has 0 unspecified atom stereocenters. The molecule has 2 aromatic heterocycles. The fourth-order valence-corrected chi connectivity index (χ4v) is 2.60. The van der Waals surface area contributed by atoms with Crippen LogP contribution in [-0.4, -0.2) is 42.3 Å². The lowest BCUT2D eigenvalue weighted by atomic mass is 10.2. The maximum Gasteiger partial charge on any atom is 0.374 e. The number of hydrogen-bond acceptors (Lipinski definition) is 6. The molecular weight excluding hydrogens is 368 g/mol. The van der Waals surface area contributed by atoms with E-state index in [4.69, 9.17) is 33.8 Å². The Balaban J connectivity index is 0.00000126. The summed E-state index contributed by atoms with van der Waals surface area (Å²) in [7, 11) is 6.74. The van der Waals surface area contributed by atoms with Crippen LogP contribution >= 0.6 is 11.6 Å². The zero-order chi connectivity index (χ0) is 20.0. The first-order valence-electron chi connectivity index (χ1n) is 8.35. The second-order valence-corrected chi connectivity index (χ2v) is 5.31. The molecule has 0 saturated heterocycles. The summed E-state index contributed by atoms with van der Waals surface area (Å²) in [6.07, 6.45) is 1.58. The Morgan fingerprint density at radius 2 is 2.00 bits per heavy atom. The molecule has 3 aromatic rings. The van der Waals surface area contributed by atoms with Gasteiger partial charge in [-0.1, -0.05) is 25.4 Å². The Kier molecular flexibility index (Phi) is 7.07. The lowest BCUT2D eigenvalue weighted by molar-refractivity contribution is 0.0526. The van der Waals surface area contributed by atoms with Gasteiger partial charge in [0.25, 0.3) is 0 Å². The van der Waals surface area contributed by atoms with Crippen molar-refractivity contribution in [2.75, 3.05) is 13.7 Å². The maximum atomic E-state index is 11.8. The van der Waals surface area contributed by atoms with E-state index in [0.29, 0.717) is 28.4 Å². The van der Waals surface area contributed by atoms with E-state index in [-0.39, 0.29) is 17.3 Å². The lowest BCUT2D eigenvalue weighted by Gasteiger charge is -2.10. The standard InChI is InChI=1S/C16H13BClN3O4.C2H6/c1-3-24-16(22)9-4-5-14(20-15(9)18)21-8-19-10-6-13(25-17)12(23-2)7-11(10)21;1-2/h4-8H,3H2,1-2H3;1-2H3. The third kappa shape index (κ3) is 4.16. The van der Waals surface area contributed by atoms with Crippen LogP contribution in [0.1, 0.15) is 31.1 Å². The van der Waals surface area contributed by atoms with E-state index in [1.54, 1.807) is 42.1 Å². The van der Waals surface area contributed by atoms with Crippen LogP contribution in [0.15, 0.2) is 30.6 Å². The highest BCUT2D eigenvalue weighted by Gasteiger charge is 2.16. The van der Waals surface area contributed by atoms with Crippen molar-refractivity contribution in [1.82, 2.24) is 14.5 Å². The number of benzene rings is 1. The number of ether oxygens (including phenoxy) is 2. The van der Waals surface area contributed by atoms with E-state index in [9.17, 15) is 4.79 Å². The molecule has 0 bridgehead atoms. The number of fused-ring (bicyclic) bond motifs is 1. The van der Waals surface area contributed by atoms with Gasteiger partial charge in [0.2, 0.25) is 0 Å². The third-order valence-corrected chi connectivity index (χ3v) is 3.82. The number of carbonyl (C=O) groups is 1. The Labute approximate surface area is 163 Å². The number of imidazole rings is 1. The summed E-state index contributed by atoms with van der Waals surface area (Å²) in [6.45, 7) is 5.98. The molecule has 0 spiro atoms. The number of rotatable bonds is 5. The first kappa shape index (κ1) is 20.6. The second kappa shape index (κ2) is 9.27. The molecule has 0 N–H and O–H groups in total. The molecule has 1 aromatic carbocycles. The zero-order valence-electron chi connectivity index (χ0n) is 15.5. The van der Waals surface area contributed by atoms with Crippen molar-refractivity contribution in [3.05, 3.63) is 41.3 Å². The Bertz CT molecular complexity index is 946. The summed E-state index contributed by atoms with van der Waals surface area (Å²) in [5.74, 6) is 0.785. The summed E-state index contributed by atoms with van der Waals surface area (Å²) < 4.78 is 16.7. The Hall–Kier alpha value is -2.74. The average Bonchev–Trinajstić information content (AvgIpc) is 3.11. The van der Waals surface area contributed by atoms with Crippen molar-refractivity contribution in [2.45, 2.75) is 20.8 Å². The van der Waals surface area contributed by atoms with Crippen molar-refractivity contribution >= 4 is 36.7 Å². The monoisotopic (exact) mass is 387 g/mol.